The Morgan fingerprint density at radius 1 is 1.00 bits per heavy atom. The summed E-state index contributed by atoms with van der Waals surface area (Å²) in [5.74, 6) is 1.93. The Balaban J connectivity index is 1.17. The topological polar surface area (TPSA) is 42.8 Å². The summed E-state index contributed by atoms with van der Waals surface area (Å²) in [4.78, 5) is 4.74. The summed E-state index contributed by atoms with van der Waals surface area (Å²) < 4.78 is 25.9. The predicted molar refractivity (Wildman–Crippen MR) is 167 cm³/mol. The van der Waals surface area contributed by atoms with Crippen molar-refractivity contribution in [1.82, 2.24) is 0 Å². The summed E-state index contributed by atoms with van der Waals surface area (Å²) in [7, 11) is 0. The molecule has 6 heteroatoms. The van der Waals surface area contributed by atoms with Crippen LogP contribution in [0.4, 0.5) is 15.8 Å². The van der Waals surface area contributed by atoms with Crippen LogP contribution in [0.2, 0.25) is 0 Å². The van der Waals surface area contributed by atoms with E-state index in [2.05, 4.69) is 82.8 Å². The molecular formula is C35H32BrFN2O2. The van der Waals surface area contributed by atoms with Gasteiger partial charge in [0.1, 0.15) is 12.4 Å². The number of halogens is 2. The Hall–Kier alpha value is -3.90. The average Bonchev–Trinajstić information content (AvgIpc) is 3.47. The summed E-state index contributed by atoms with van der Waals surface area (Å²) in [5.41, 5.74) is 7.86. The fourth-order valence-corrected chi connectivity index (χ4v) is 6.34. The molecule has 41 heavy (non-hydrogen) atoms. The van der Waals surface area contributed by atoms with Gasteiger partial charge >= 0.3 is 0 Å². The Bertz CT molecular complexity index is 1600. The molecule has 4 aromatic carbocycles. The third kappa shape index (κ3) is 5.94. The first-order valence-electron chi connectivity index (χ1n) is 14.0. The number of aliphatic imine (C=N–C) groups is 1. The monoisotopic (exact) mass is 610 g/mol. The number of nitrogens with zero attached hydrogens (tertiary/aromatic N) is 1. The minimum atomic E-state index is -0.269. The maximum atomic E-state index is 13.2. The highest BCUT2D eigenvalue weighted by Crippen LogP contribution is 2.50. The molecule has 1 heterocycles. The highest BCUT2D eigenvalue weighted by molar-refractivity contribution is 9.10. The van der Waals surface area contributed by atoms with Gasteiger partial charge in [-0.3, -0.25) is 4.99 Å². The second-order valence-electron chi connectivity index (χ2n) is 10.6. The van der Waals surface area contributed by atoms with Crippen LogP contribution in [0.1, 0.15) is 53.1 Å². The van der Waals surface area contributed by atoms with Gasteiger partial charge in [-0.2, -0.15) is 0 Å². The van der Waals surface area contributed by atoms with Crippen molar-refractivity contribution in [3.8, 4) is 11.5 Å². The van der Waals surface area contributed by atoms with E-state index >= 15 is 0 Å². The molecule has 0 unspecified atom stereocenters. The van der Waals surface area contributed by atoms with E-state index in [0.717, 1.165) is 27.7 Å². The fourth-order valence-electron chi connectivity index (χ4n) is 5.76. The molecule has 0 bridgehead atoms. The van der Waals surface area contributed by atoms with Crippen LogP contribution in [-0.4, -0.2) is 12.8 Å². The van der Waals surface area contributed by atoms with Crippen molar-refractivity contribution < 1.29 is 13.9 Å². The first-order valence-corrected chi connectivity index (χ1v) is 14.8. The molecule has 0 amide bonds. The van der Waals surface area contributed by atoms with Gasteiger partial charge in [-0.15, -0.1) is 0 Å². The van der Waals surface area contributed by atoms with Gasteiger partial charge in [-0.05, 0) is 107 Å². The quantitative estimate of drug-likeness (QED) is 0.159. The number of fused-ring (bicyclic) bond motifs is 3. The van der Waals surface area contributed by atoms with Gasteiger partial charge < -0.3 is 14.8 Å². The maximum absolute atomic E-state index is 13.2. The highest BCUT2D eigenvalue weighted by Gasteiger charge is 2.37. The summed E-state index contributed by atoms with van der Waals surface area (Å²) >= 11 is 3.63. The SMILES string of the molecule is CCOc1cc(C=Nc2ccc([C@@H]3Nc4ccc(C)cc4[C@H]4C=CC[C@H]43)cc2)cc(Br)c1OCc1ccc(F)cc1. The van der Waals surface area contributed by atoms with Crippen LogP contribution < -0.4 is 14.8 Å². The average molecular weight is 612 g/mol. The number of rotatable bonds is 8. The molecule has 0 spiro atoms. The lowest BCUT2D eigenvalue weighted by atomic mass is 9.76. The fraction of sp³-hybridized carbons (Fsp3) is 0.229. The van der Waals surface area contributed by atoms with E-state index in [1.807, 2.05) is 25.3 Å². The van der Waals surface area contributed by atoms with Crippen molar-refractivity contribution in [2.75, 3.05) is 11.9 Å². The molecule has 4 aromatic rings. The number of benzene rings is 4. The molecule has 1 N–H and O–H groups in total. The lowest BCUT2D eigenvalue weighted by Gasteiger charge is -2.37. The molecule has 3 atom stereocenters. The van der Waals surface area contributed by atoms with Gasteiger partial charge in [-0.1, -0.05) is 54.1 Å². The van der Waals surface area contributed by atoms with Crippen LogP contribution >= 0.6 is 15.9 Å². The number of nitrogens with one attached hydrogen (secondary N) is 1. The predicted octanol–water partition coefficient (Wildman–Crippen LogP) is 9.45. The third-order valence-corrected chi connectivity index (χ3v) is 8.35. The molecule has 0 saturated carbocycles. The third-order valence-electron chi connectivity index (χ3n) is 7.76. The van der Waals surface area contributed by atoms with Gasteiger partial charge in [0, 0.05) is 17.8 Å². The molecule has 2 aliphatic rings. The Morgan fingerprint density at radius 2 is 1.80 bits per heavy atom. The number of aryl methyl sites for hydroxylation is 1. The smallest absolute Gasteiger partial charge is 0.175 e. The second kappa shape index (κ2) is 11.9. The van der Waals surface area contributed by atoms with Crippen LogP contribution in [0.5, 0.6) is 11.5 Å². The van der Waals surface area contributed by atoms with E-state index < -0.39 is 0 Å². The summed E-state index contributed by atoms with van der Waals surface area (Å²) in [6.45, 7) is 4.90. The first kappa shape index (κ1) is 27.3. The van der Waals surface area contributed by atoms with E-state index in [-0.39, 0.29) is 11.9 Å². The highest BCUT2D eigenvalue weighted by atomic mass is 79.9. The summed E-state index contributed by atoms with van der Waals surface area (Å²) in [6.07, 6.45) is 7.62. The van der Waals surface area contributed by atoms with Crippen LogP contribution in [0.3, 0.4) is 0 Å². The van der Waals surface area contributed by atoms with E-state index in [4.69, 9.17) is 14.5 Å². The van der Waals surface area contributed by atoms with Crippen molar-refractivity contribution in [3.63, 3.8) is 0 Å². The molecular weight excluding hydrogens is 579 g/mol. The molecule has 208 valence electrons. The van der Waals surface area contributed by atoms with E-state index in [9.17, 15) is 4.39 Å². The minimum Gasteiger partial charge on any atom is -0.490 e. The lowest BCUT2D eigenvalue weighted by molar-refractivity contribution is 0.267. The van der Waals surface area contributed by atoms with Crippen molar-refractivity contribution in [2.24, 2.45) is 10.9 Å². The Kier molecular flexibility index (Phi) is 7.93. The Morgan fingerprint density at radius 3 is 2.59 bits per heavy atom. The Labute approximate surface area is 249 Å². The van der Waals surface area contributed by atoms with Crippen LogP contribution in [0.25, 0.3) is 0 Å². The summed E-state index contributed by atoms with van der Waals surface area (Å²) in [5, 5.41) is 3.82. The second-order valence-corrected chi connectivity index (χ2v) is 11.4. The van der Waals surface area contributed by atoms with Gasteiger partial charge in [0.2, 0.25) is 0 Å². The first-order chi connectivity index (χ1) is 20.0. The molecule has 0 aromatic heterocycles. The molecule has 0 radical (unpaired) electrons. The molecule has 6 rings (SSSR count). The van der Waals surface area contributed by atoms with Crippen LogP contribution in [0.15, 0.2) is 100 Å². The lowest BCUT2D eigenvalue weighted by Crippen LogP contribution is -2.29. The zero-order valence-corrected chi connectivity index (χ0v) is 24.7. The summed E-state index contributed by atoms with van der Waals surface area (Å²) in [6, 6.07) is 25.7. The van der Waals surface area contributed by atoms with Crippen molar-refractivity contribution in [3.05, 3.63) is 129 Å². The minimum absolute atomic E-state index is 0.260. The van der Waals surface area contributed by atoms with E-state index in [1.165, 1.54) is 34.5 Å². The standard InChI is InChI=1S/C35H32BrFN2O2/c1-3-40-33-19-24(18-31(36)35(33)41-21-23-8-12-26(37)13-9-23)20-38-27-14-10-25(11-15-27)34-29-6-4-5-28(29)30-17-22(2)7-16-32(30)39-34/h4-5,7-20,28-29,34,39H,3,6,21H2,1-2H3/t28-,29+,34-/m0/s1. The molecule has 4 nitrogen and oxygen atoms in total. The van der Waals surface area contributed by atoms with Crippen molar-refractivity contribution >= 4 is 33.5 Å². The van der Waals surface area contributed by atoms with Gasteiger partial charge in [0.05, 0.1) is 22.8 Å². The van der Waals surface area contributed by atoms with E-state index in [1.54, 1.807) is 12.1 Å². The van der Waals surface area contributed by atoms with Gasteiger partial charge in [-0.25, -0.2) is 4.39 Å². The number of ether oxygens (including phenoxy) is 2. The largest absolute Gasteiger partial charge is 0.490 e. The molecule has 0 saturated heterocycles. The van der Waals surface area contributed by atoms with Crippen LogP contribution in [-0.2, 0) is 6.61 Å². The number of anilines is 1. The van der Waals surface area contributed by atoms with E-state index in [0.29, 0.717) is 36.5 Å². The molecule has 0 fully saturated rings. The van der Waals surface area contributed by atoms with Gasteiger partial charge in [0.25, 0.3) is 0 Å². The zero-order valence-electron chi connectivity index (χ0n) is 23.1. The number of hydrogen-bond donors (Lipinski definition) is 1. The van der Waals surface area contributed by atoms with Gasteiger partial charge in [0.15, 0.2) is 11.5 Å². The zero-order chi connectivity index (χ0) is 28.3. The van der Waals surface area contributed by atoms with Crippen LogP contribution in [0, 0.1) is 18.7 Å². The molecule has 1 aliphatic heterocycles. The normalized spacial score (nSPS) is 19.1. The number of allylic oxidation sites excluding steroid dienone is 2. The number of hydrogen-bond acceptors (Lipinski definition) is 4. The molecule has 1 aliphatic carbocycles. The van der Waals surface area contributed by atoms with Crippen molar-refractivity contribution in [2.45, 2.75) is 38.8 Å². The van der Waals surface area contributed by atoms with Crippen molar-refractivity contribution in [1.29, 1.82) is 0 Å². The maximum Gasteiger partial charge on any atom is 0.175 e.